The molecule has 0 aliphatic heterocycles. The first-order valence-corrected chi connectivity index (χ1v) is 5.78. The Labute approximate surface area is 111 Å². The van der Waals surface area contributed by atoms with Crippen LogP contribution in [0, 0.1) is 11.9 Å². The molecule has 91 valence electrons. The zero-order valence-corrected chi connectivity index (χ0v) is 10.7. The van der Waals surface area contributed by atoms with E-state index < -0.39 is 5.82 Å². The Kier molecular flexibility index (Phi) is 2.57. The second-order valence-electron chi connectivity index (χ2n) is 3.69. The molecule has 2 heterocycles. The summed E-state index contributed by atoms with van der Waals surface area (Å²) in [6.07, 6.45) is 1.43. The van der Waals surface area contributed by atoms with Gasteiger partial charge in [0.1, 0.15) is 5.65 Å². The van der Waals surface area contributed by atoms with Crippen LogP contribution in [0.15, 0.2) is 12.3 Å². The predicted octanol–water partition coefficient (Wildman–Crippen LogP) is 3.97. The highest BCUT2D eigenvalue weighted by Gasteiger charge is 2.18. The third-order valence-electron chi connectivity index (χ3n) is 2.71. The molecule has 0 saturated carbocycles. The Bertz CT molecular complexity index is 770. The lowest BCUT2D eigenvalue weighted by Gasteiger charge is -2.04. The van der Waals surface area contributed by atoms with E-state index in [1.54, 1.807) is 0 Å². The molecular weight excluding hydrogens is 278 g/mol. The van der Waals surface area contributed by atoms with Gasteiger partial charge >= 0.3 is 0 Å². The third kappa shape index (κ3) is 1.46. The van der Waals surface area contributed by atoms with E-state index in [1.807, 2.05) is 0 Å². The number of methoxy groups -OCH3 is 1. The van der Waals surface area contributed by atoms with Crippen LogP contribution < -0.4 is 4.74 Å². The summed E-state index contributed by atoms with van der Waals surface area (Å²) in [5, 5.41) is 1.64. The van der Waals surface area contributed by atoms with Gasteiger partial charge in [0.15, 0.2) is 11.6 Å². The van der Waals surface area contributed by atoms with E-state index in [1.165, 1.54) is 19.4 Å². The van der Waals surface area contributed by atoms with Gasteiger partial charge in [0, 0.05) is 12.3 Å². The van der Waals surface area contributed by atoms with E-state index in [9.17, 15) is 4.39 Å². The van der Waals surface area contributed by atoms with E-state index in [4.69, 9.17) is 27.9 Å². The zero-order valence-electron chi connectivity index (χ0n) is 9.14. The van der Waals surface area contributed by atoms with Crippen molar-refractivity contribution in [3.05, 3.63) is 34.2 Å². The fraction of sp³-hybridized carbons (Fsp3) is 0.0833. The SMILES string of the molecule is COc1c(F)c[c]c2[nH]c3ncc(Cl)c(Cl)c3c12. The monoisotopic (exact) mass is 283 g/mol. The standard InChI is InChI=1S/C12H6Cl2FN2O/c1-18-11-6(15)2-3-7-8(11)9-10(14)5(13)4-16-12(9)17-7/h2,4H,1H3,(H,16,17). The molecule has 3 nitrogen and oxygen atoms in total. The molecule has 0 spiro atoms. The molecule has 3 aromatic rings. The van der Waals surface area contributed by atoms with Crippen molar-refractivity contribution < 1.29 is 9.13 Å². The van der Waals surface area contributed by atoms with Crippen LogP contribution in [0.4, 0.5) is 4.39 Å². The Hall–Kier alpha value is -1.52. The summed E-state index contributed by atoms with van der Waals surface area (Å²) in [6, 6.07) is 3.98. The van der Waals surface area contributed by atoms with Gasteiger partial charge in [-0.3, -0.25) is 0 Å². The number of rotatable bonds is 1. The van der Waals surface area contributed by atoms with Crippen molar-refractivity contribution in [2.75, 3.05) is 7.11 Å². The van der Waals surface area contributed by atoms with Gasteiger partial charge in [-0.1, -0.05) is 23.2 Å². The van der Waals surface area contributed by atoms with Crippen LogP contribution in [-0.2, 0) is 0 Å². The average molecular weight is 284 g/mol. The molecule has 0 amide bonds. The maximum absolute atomic E-state index is 13.7. The molecule has 6 heteroatoms. The lowest BCUT2D eigenvalue weighted by molar-refractivity contribution is 0.392. The Balaban J connectivity index is 2.61. The Morgan fingerprint density at radius 3 is 2.89 bits per heavy atom. The van der Waals surface area contributed by atoms with Gasteiger partial charge in [-0.15, -0.1) is 0 Å². The van der Waals surface area contributed by atoms with Gasteiger partial charge in [-0.2, -0.15) is 0 Å². The number of hydrogen-bond donors (Lipinski definition) is 1. The number of pyridine rings is 1. The number of benzene rings is 1. The molecule has 2 aromatic heterocycles. The molecule has 18 heavy (non-hydrogen) atoms. The highest BCUT2D eigenvalue weighted by molar-refractivity contribution is 6.46. The summed E-state index contributed by atoms with van der Waals surface area (Å²) in [7, 11) is 1.39. The van der Waals surface area contributed by atoms with Crippen LogP contribution in [0.5, 0.6) is 5.75 Å². The number of hydrogen-bond acceptors (Lipinski definition) is 2. The summed E-state index contributed by atoms with van der Waals surface area (Å²) in [5.74, 6) is -0.414. The van der Waals surface area contributed by atoms with Crippen molar-refractivity contribution in [3.63, 3.8) is 0 Å². The third-order valence-corrected chi connectivity index (χ3v) is 3.48. The minimum Gasteiger partial charge on any atom is -0.493 e. The summed E-state index contributed by atoms with van der Waals surface area (Å²) in [4.78, 5) is 7.11. The molecule has 0 atom stereocenters. The molecule has 0 unspecified atom stereocenters. The van der Waals surface area contributed by atoms with E-state index in [0.717, 1.165) is 0 Å². The van der Waals surface area contributed by atoms with Crippen LogP contribution in [0.1, 0.15) is 0 Å². The first-order valence-electron chi connectivity index (χ1n) is 5.03. The molecule has 0 bridgehead atoms. The van der Waals surface area contributed by atoms with Gasteiger partial charge < -0.3 is 9.72 Å². The predicted molar refractivity (Wildman–Crippen MR) is 69.0 cm³/mol. The van der Waals surface area contributed by atoms with E-state index >= 15 is 0 Å². The van der Waals surface area contributed by atoms with Crippen molar-refractivity contribution >= 4 is 45.1 Å². The number of halogens is 3. The van der Waals surface area contributed by atoms with Crippen molar-refractivity contribution in [2.24, 2.45) is 0 Å². The summed E-state index contributed by atoms with van der Waals surface area (Å²) in [6.45, 7) is 0. The van der Waals surface area contributed by atoms with Gasteiger partial charge in [0.05, 0.1) is 33.4 Å². The van der Waals surface area contributed by atoms with Crippen molar-refractivity contribution in [2.45, 2.75) is 0 Å². The van der Waals surface area contributed by atoms with Crippen LogP contribution in [0.3, 0.4) is 0 Å². The summed E-state index contributed by atoms with van der Waals surface area (Å²) >= 11 is 12.1. The summed E-state index contributed by atoms with van der Waals surface area (Å²) in [5.41, 5.74) is 1.08. The zero-order chi connectivity index (χ0) is 12.9. The normalized spacial score (nSPS) is 11.3. The number of H-pyrrole nitrogens is 1. The minimum absolute atomic E-state index is 0.0981. The number of aromatic amines is 1. The summed E-state index contributed by atoms with van der Waals surface area (Å²) < 4.78 is 18.8. The number of nitrogens with one attached hydrogen (secondary N) is 1. The molecule has 1 N–H and O–H groups in total. The fourth-order valence-electron chi connectivity index (χ4n) is 1.95. The maximum atomic E-state index is 13.7. The molecule has 0 aliphatic carbocycles. The van der Waals surface area contributed by atoms with Crippen LogP contribution in [0.2, 0.25) is 10.0 Å². The van der Waals surface area contributed by atoms with Crippen LogP contribution in [-0.4, -0.2) is 17.1 Å². The average Bonchev–Trinajstić information content (AvgIpc) is 2.73. The van der Waals surface area contributed by atoms with Gasteiger partial charge in [-0.25, -0.2) is 9.37 Å². The first-order chi connectivity index (χ1) is 8.63. The molecular formula is C12H6Cl2FN2O. The number of fused-ring (bicyclic) bond motifs is 3. The molecule has 1 radical (unpaired) electrons. The second-order valence-corrected chi connectivity index (χ2v) is 4.47. The lowest BCUT2D eigenvalue weighted by atomic mass is 10.1. The van der Waals surface area contributed by atoms with Crippen molar-refractivity contribution in [3.8, 4) is 5.75 Å². The second kappa shape index (κ2) is 4.00. The van der Waals surface area contributed by atoms with Crippen LogP contribution >= 0.6 is 23.2 Å². The highest BCUT2D eigenvalue weighted by Crippen LogP contribution is 2.39. The number of aromatic nitrogens is 2. The Morgan fingerprint density at radius 1 is 1.39 bits per heavy atom. The molecule has 1 aromatic carbocycles. The topological polar surface area (TPSA) is 37.9 Å². The molecule has 0 saturated heterocycles. The highest BCUT2D eigenvalue weighted by atomic mass is 35.5. The smallest absolute Gasteiger partial charge is 0.166 e. The fourth-order valence-corrected chi connectivity index (χ4v) is 2.33. The van der Waals surface area contributed by atoms with E-state index in [0.29, 0.717) is 32.0 Å². The van der Waals surface area contributed by atoms with Crippen molar-refractivity contribution in [1.82, 2.24) is 9.97 Å². The first kappa shape index (κ1) is 11.6. The lowest BCUT2D eigenvalue weighted by Crippen LogP contribution is -1.88. The largest absolute Gasteiger partial charge is 0.493 e. The maximum Gasteiger partial charge on any atom is 0.166 e. The minimum atomic E-state index is -0.512. The molecule has 0 aliphatic rings. The Morgan fingerprint density at radius 2 is 2.17 bits per heavy atom. The number of ether oxygens (including phenoxy) is 1. The quantitative estimate of drug-likeness (QED) is 0.734. The van der Waals surface area contributed by atoms with Crippen LogP contribution in [0.25, 0.3) is 21.9 Å². The molecule has 0 fully saturated rings. The van der Waals surface area contributed by atoms with E-state index in [-0.39, 0.29) is 5.75 Å². The number of nitrogens with zero attached hydrogens (tertiary/aromatic N) is 1. The molecule has 3 rings (SSSR count). The van der Waals surface area contributed by atoms with Crippen molar-refractivity contribution in [1.29, 1.82) is 0 Å². The van der Waals surface area contributed by atoms with Gasteiger partial charge in [-0.05, 0) is 6.07 Å². The van der Waals surface area contributed by atoms with E-state index in [2.05, 4.69) is 16.0 Å². The van der Waals surface area contributed by atoms with Gasteiger partial charge in [0.2, 0.25) is 0 Å². The van der Waals surface area contributed by atoms with Gasteiger partial charge in [0.25, 0.3) is 0 Å².